The highest BCUT2D eigenvalue weighted by molar-refractivity contribution is 5.92. The van der Waals surface area contributed by atoms with E-state index in [9.17, 15) is 14.7 Å². The van der Waals surface area contributed by atoms with Crippen molar-refractivity contribution in [1.29, 1.82) is 0 Å². The third-order valence-corrected chi connectivity index (χ3v) is 6.05. The van der Waals surface area contributed by atoms with Gasteiger partial charge in [0, 0.05) is 37.6 Å². The van der Waals surface area contributed by atoms with Gasteiger partial charge < -0.3 is 30.4 Å². The summed E-state index contributed by atoms with van der Waals surface area (Å²) in [5.74, 6) is 0.964. The van der Waals surface area contributed by atoms with Crippen molar-refractivity contribution in [3.05, 3.63) is 30.6 Å². The van der Waals surface area contributed by atoms with E-state index in [1.54, 1.807) is 18.5 Å². The van der Waals surface area contributed by atoms with Gasteiger partial charge in [-0.05, 0) is 37.0 Å². The average Bonchev–Trinajstić information content (AvgIpc) is 3.28. The first-order valence-electron chi connectivity index (χ1n) is 11.4. The molecule has 1 aromatic carbocycles. The molecule has 1 saturated carbocycles. The first-order valence-corrected chi connectivity index (χ1v) is 11.4. The molecule has 1 amide bonds. The molecule has 1 fully saturated rings. The number of carbonyl (C=O) groups excluding carboxylic acids is 1. The molecular weight excluding hydrogens is 410 g/mol. The number of hydrogen-bond donors (Lipinski definition) is 4. The van der Waals surface area contributed by atoms with Crippen molar-refractivity contribution >= 4 is 29.2 Å². The van der Waals surface area contributed by atoms with Crippen molar-refractivity contribution in [3.8, 4) is 5.75 Å². The number of benzene rings is 1. The van der Waals surface area contributed by atoms with Crippen LogP contribution in [0.2, 0.25) is 0 Å². The molecule has 172 valence electrons. The van der Waals surface area contributed by atoms with Gasteiger partial charge in [0.05, 0.1) is 18.7 Å². The summed E-state index contributed by atoms with van der Waals surface area (Å²) in [7, 11) is 0. The number of aromatic nitrogens is 2. The molecule has 2 aliphatic rings. The number of ether oxygens (including phenoxy) is 1. The first kappa shape index (κ1) is 22.0. The minimum absolute atomic E-state index is 0.0260. The molecule has 1 aliphatic carbocycles. The van der Waals surface area contributed by atoms with E-state index in [0.717, 1.165) is 12.2 Å². The second kappa shape index (κ2) is 10.4. The SMILES string of the molecule is O=C(O)CC1CN(CC2CCCCC2)c2cc(NC(=O)CCNc3ncc[nH]3)ccc2O1. The number of carbonyl (C=O) groups is 2. The summed E-state index contributed by atoms with van der Waals surface area (Å²) in [5.41, 5.74) is 1.63. The van der Waals surface area contributed by atoms with Crippen molar-refractivity contribution in [2.45, 2.75) is 51.0 Å². The number of nitrogens with zero attached hydrogens (tertiary/aromatic N) is 2. The molecule has 0 saturated heterocycles. The van der Waals surface area contributed by atoms with Gasteiger partial charge in [-0.25, -0.2) is 4.98 Å². The van der Waals surface area contributed by atoms with Crippen molar-refractivity contribution in [3.63, 3.8) is 0 Å². The van der Waals surface area contributed by atoms with E-state index >= 15 is 0 Å². The number of anilines is 3. The summed E-state index contributed by atoms with van der Waals surface area (Å²) in [6.07, 6.45) is 9.48. The Labute approximate surface area is 187 Å². The van der Waals surface area contributed by atoms with Gasteiger partial charge in [-0.15, -0.1) is 0 Å². The van der Waals surface area contributed by atoms with Crippen LogP contribution in [-0.2, 0) is 9.59 Å². The normalized spacial score (nSPS) is 18.5. The predicted octanol–water partition coefficient (Wildman–Crippen LogP) is 3.47. The van der Waals surface area contributed by atoms with Crippen LogP contribution in [0.1, 0.15) is 44.9 Å². The minimum Gasteiger partial charge on any atom is -0.486 e. The average molecular weight is 442 g/mol. The molecule has 2 aromatic rings. The van der Waals surface area contributed by atoms with E-state index in [0.29, 0.717) is 42.8 Å². The standard InChI is InChI=1S/C23H31N5O4/c29-21(8-9-24-23-25-10-11-26-23)27-17-6-7-20-19(12-17)28(14-16-4-2-1-3-5-16)15-18(32-20)13-22(30)31/h6-7,10-12,16,18H,1-5,8-9,13-15H2,(H,27,29)(H,30,31)(H2,24,25,26). The van der Waals surface area contributed by atoms with E-state index in [4.69, 9.17) is 4.74 Å². The fraction of sp³-hybridized carbons (Fsp3) is 0.522. The van der Waals surface area contributed by atoms with E-state index in [2.05, 4.69) is 25.5 Å². The molecule has 1 atom stereocenters. The predicted molar refractivity (Wildman–Crippen MR) is 122 cm³/mol. The number of H-pyrrole nitrogens is 1. The number of imidazole rings is 1. The molecule has 0 spiro atoms. The lowest BCUT2D eigenvalue weighted by Crippen LogP contribution is -2.43. The second-order valence-corrected chi connectivity index (χ2v) is 8.59. The molecular formula is C23H31N5O4. The van der Waals surface area contributed by atoms with E-state index < -0.39 is 5.97 Å². The number of aliphatic carboxylic acids is 1. The van der Waals surface area contributed by atoms with Gasteiger partial charge in [0.2, 0.25) is 5.91 Å². The van der Waals surface area contributed by atoms with Crippen LogP contribution in [0.4, 0.5) is 17.3 Å². The maximum Gasteiger partial charge on any atom is 0.307 e. The molecule has 0 bridgehead atoms. The minimum atomic E-state index is -0.858. The number of nitrogens with one attached hydrogen (secondary N) is 3. The van der Waals surface area contributed by atoms with Crippen molar-refractivity contribution in [2.75, 3.05) is 35.2 Å². The largest absolute Gasteiger partial charge is 0.486 e. The van der Waals surface area contributed by atoms with Crippen LogP contribution in [0.25, 0.3) is 0 Å². The molecule has 9 nitrogen and oxygen atoms in total. The first-order chi connectivity index (χ1) is 15.6. The summed E-state index contributed by atoms with van der Waals surface area (Å²) >= 11 is 0. The number of carboxylic acid groups (broad SMARTS) is 1. The number of hydrogen-bond acceptors (Lipinski definition) is 6. The lowest BCUT2D eigenvalue weighted by Gasteiger charge is -2.38. The lowest BCUT2D eigenvalue weighted by molar-refractivity contribution is -0.138. The molecule has 0 radical (unpaired) electrons. The highest BCUT2D eigenvalue weighted by Gasteiger charge is 2.29. The summed E-state index contributed by atoms with van der Waals surface area (Å²) < 4.78 is 5.97. The summed E-state index contributed by atoms with van der Waals surface area (Å²) in [4.78, 5) is 32.9. The Kier molecular flexibility index (Phi) is 7.14. The Morgan fingerprint density at radius 2 is 2.09 bits per heavy atom. The fourth-order valence-corrected chi connectivity index (χ4v) is 4.54. The van der Waals surface area contributed by atoms with Gasteiger partial charge in [0.25, 0.3) is 0 Å². The molecule has 2 heterocycles. The van der Waals surface area contributed by atoms with Gasteiger partial charge in [-0.1, -0.05) is 19.3 Å². The summed E-state index contributed by atoms with van der Waals surface area (Å²) in [6, 6.07) is 5.57. The Hall–Kier alpha value is -3.23. The van der Waals surface area contributed by atoms with Gasteiger partial charge in [-0.2, -0.15) is 0 Å². The fourth-order valence-electron chi connectivity index (χ4n) is 4.54. The molecule has 32 heavy (non-hydrogen) atoms. The van der Waals surface area contributed by atoms with Crippen LogP contribution in [0.3, 0.4) is 0 Å². The third kappa shape index (κ3) is 5.93. The van der Waals surface area contributed by atoms with Crippen LogP contribution >= 0.6 is 0 Å². The Morgan fingerprint density at radius 1 is 1.25 bits per heavy atom. The molecule has 1 unspecified atom stereocenters. The van der Waals surface area contributed by atoms with Crippen molar-refractivity contribution in [2.24, 2.45) is 5.92 Å². The van der Waals surface area contributed by atoms with Gasteiger partial charge in [-0.3, -0.25) is 9.59 Å². The van der Waals surface area contributed by atoms with Crippen molar-refractivity contribution < 1.29 is 19.4 Å². The zero-order valence-electron chi connectivity index (χ0n) is 18.2. The summed E-state index contributed by atoms with van der Waals surface area (Å²) in [6.45, 7) is 1.90. The third-order valence-electron chi connectivity index (χ3n) is 6.05. The highest BCUT2D eigenvalue weighted by Crippen LogP contribution is 2.38. The number of aromatic amines is 1. The van der Waals surface area contributed by atoms with Crippen LogP contribution in [-0.4, -0.2) is 52.7 Å². The van der Waals surface area contributed by atoms with Gasteiger partial charge in [0.15, 0.2) is 5.95 Å². The van der Waals surface area contributed by atoms with Gasteiger partial charge >= 0.3 is 5.97 Å². The van der Waals surface area contributed by atoms with Crippen LogP contribution in [0.5, 0.6) is 5.75 Å². The Bertz CT molecular complexity index is 911. The quantitative estimate of drug-likeness (QED) is 0.470. The molecule has 4 N–H and O–H groups in total. The number of fused-ring (bicyclic) bond motifs is 1. The van der Waals surface area contributed by atoms with Crippen LogP contribution in [0, 0.1) is 5.92 Å². The Morgan fingerprint density at radius 3 is 2.84 bits per heavy atom. The molecule has 4 rings (SSSR count). The van der Waals surface area contributed by atoms with Crippen molar-refractivity contribution in [1.82, 2.24) is 9.97 Å². The second-order valence-electron chi connectivity index (χ2n) is 8.59. The smallest absolute Gasteiger partial charge is 0.307 e. The van der Waals surface area contributed by atoms with Gasteiger partial charge in [0.1, 0.15) is 11.9 Å². The Balaban J connectivity index is 1.41. The van der Waals surface area contributed by atoms with Crippen LogP contribution in [0.15, 0.2) is 30.6 Å². The maximum absolute atomic E-state index is 12.4. The zero-order chi connectivity index (χ0) is 22.3. The lowest BCUT2D eigenvalue weighted by atomic mass is 9.88. The molecule has 1 aromatic heterocycles. The highest BCUT2D eigenvalue weighted by atomic mass is 16.5. The zero-order valence-corrected chi connectivity index (χ0v) is 18.2. The molecule has 9 heteroatoms. The summed E-state index contributed by atoms with van der Waals surface area (Å²) in [5, 5.41) is 15.3. The number of carboxylic acids is 1. The van der Waals surface area contributed by atoms with E-state index in [1.165, 1.54) is 32.1 Å². The number of rotatable bonds is 9. The van der Waals surface area contributed by atoms with E-state index in [-0.39, 0.29) is 18.4 Å². The molecule has 1 aliphatic heterocycles. The van der Waals surface area contributed by atoms with E-state index in [1.807, 2.05) is 12.1 Å². The topological polar surface area (TPSA) is 120 Å². The number of amides is 1. The van der Waals surface area contributed by atoms with Crippen LogP contribution < -0.4 is 20.3 Å². The monoisotopic (exact) mass is 441 g/mol. The maximum atomic E-state index is 12.4.